The van der Waals surface area contributed by atoms with Crippen molar-refractivity contribution in [2.75, 3.05) is 12.5 Å². The molecule has 3 aromatic heterocycles. The van der Waals surface area contributed by atoms with E-state index in [-0.39, 0.29) is 41.9 Å². The number of benzene rings is 2. The average molecular weight is 634 g/mol. The van der Waals surface area contributed by atoms with Crippen molar-refractivity contribution >= 4 is 21.2 Å². The van der Waals surface area contributed by atoms with Gasteiger partial charge in [-0.1, -0.05) is 42.5 Å². The Hall–Kier alpha value is -4.39. The molecule has 44 heavy (non-hydrogen) atoms. The molecule has 2 aromatic carbocycles. The molecule has 1 unspecified atom stereocenters. The predicted octanol–water partition coefficient (Wildman–Crippen LogP) is 5.71. The third-order valence-electron chi connectivity index (χ3n) is 7.07. The summed E-state index contributed by atoms with van der Waals surface area (Å²) in [5, 5.41) is 1.59. The number of hydrogen-bond acceptors (Lipinski definition) is 9. The quantitative estimate of drug-likeness (QED) is 0.170. The van der Waals surface area contributed by atoms with E-state index in [9.17, 15) is 17.6 Å². The van der Waals surface area contributed by atoms with Gasteiger partial charge in [-0.05, 0) is 60.2 Å². The van der Waals surface area contributed by atoms with Crippen LogP contribution in [0.5, 0.6) is 11.5 Å². The first-order chi connectivity index (χ1) is 21.2. The van der Waals surface area contributed by atoms with Gasteiger partial charge in [-0.15, -0.1) is 11.3 Å². The minimum absolute atomic E-state index is 0.0573. The standard InChI is InChI=1S/C32H28FN3O6S2/c1-21-14-27(24-16-26(33)31(37)36(18-24)17-22-9-10-29-30(15-22)42-20-41-29)35-32(34-21)44(38,39)13-11-28(23-6-3-2-4-7-23)40-19-25-8-5-12-43-25/h2-10,12,14-16,18,28H,11,13,17,19-20H2,1H3. The highest BCUT2D eigenvalue weighted by molar-refractivity contribution is 7.91. The lowest BCUT2D eigenvalue weighted by molar-refractivity contribution is 0.0392. The molecule has 0 fully saturated rings. The highest BCUT2D eigenvalue weighted by Crippen LogP contribution is 2.33. The number of sulfone groups is 1. The topological polar surface area (TPSA) is 110 Å². The second-order valence-electron chi connectivity index (χ2n) is 10.3. The molecule has 0 saturated carbocycles. The largest absolute Gasteiger partial charge is 0.454 e. The molecule has 1 aliphatic rings. The lowest BCUT2D eigenvalue weighted by atomic mass is 10.1. The summed E-state index contributed by atoms with van der Waals surface area (Å²) in [4.78, 5) is 22.2. The summed E-state index contributed by atoms with van der Waals surface area (Å²) < 4.78 is 60.0. The van der Waals surface area contributed by atoms with Gasteiger partial charge in [0.2, 0.25) is 21.8 Å². The van der Waals surface area contributed by atoms with Crippen molar-refractivity contribution in [3.63, 3.8) is 0 Å². The van der Waals surface area contributed by atoms with E-state index in [0.29, 0.717) is 29.4 Å². The summed E-state index contributed by atoms with van der Waals surface area (Å²) in [7, 11) is -3.96. The van der Waals surface area contributed by atoms with E-state index in [0.717, 1.165) is 16.5 Å². The lowest BCUT2D eigenvalue weighted by Gasteiger charge is -2.18. The molecule has 0 bridgehead atoms. The minimum Gasteiger partial charge on any atom is -0.454 e. The second kappa shape index (κ2) is 12.7. The van der Waals surface area contributed by atoms with Crippen LogP contribution in [0.4, 0.5) is 4.39 Å². The van der Waals surface area contributed by atoms with Gasteiger partial charge in [-0.2, -0.15) is 0 Å². The van der Waals surface area contributed by atoms with Crippen LogP contribution in [0.25, 0.3) is 11.3 Å². The van der Waals surface area contributed by atoms with Crippen molar-refractivity contribution in [1.82, 2.24) is 14.5 Å². The van der Waals surface area contributed by atoms with Crippen LogP contribution in [0, 0.1) is 12.7 Å². The molecule has 0 amide bonds. The molecule has 0 spiro atoms. The summed E-state index contributed by atoms with van der Waals surface area (Å²) in [6, 6.07) is 21.2. The Kier molecular flexibility index (Phi) is 8.56. The number of thiophene rings is 1. The number of ether oxygens (including phenoxy) is 3. The maximum atomic E-state index is 14.9. The van der Waals surface area contributed by atoms with Gasteiger partial charge in [-0.3, -0.25) is 4.79 Å². The Morgan fingerprint density at radius 2 is 1.84 bits per heavy atom. The Balaban J connectivity index is 1.25. The number of fused-ring (bicyclic) bond motifs is 1. The number of hydrogen-bond donors (Lipinski definition) is 0. The van der Waals surface area contributed by atoms with Crippen LogP contribution < -0.4 is 15.0 Å². The minimum atomic E-state index is -3.96. The zero-order valence-electron chi connectivity index (χ0n) is 23.7. The van der Waals surface area contributed by atoms with Gasteiger partial charge in [0.15, 0.2) is 17.3 Å². The van der Waals surface area contributed by atoms with Gasteiger partial charge in [0.1, 0.15) is 0 Å². The first kappa shape index (κ1) is 29.7. The first-order valence-electron chi connectivity index (χ1n) is 13.8. The van der Waals surface area contributed by atoms with Crippen LogP contribution in [0.15, 0.2) is 94.3 Å². The van der Waals surface area contributed by atoms with Gasteiger partial charge >= 0.3 is 0 Å². The number of aryl methyl sites for hydroxylation is 1. The predicted molar refractivity (Wildman–Crippen MR) is 163 cm³/mol. The summed E-state index contributed by atoms with van der Waals surface area (Å²) >= 11 is 1.57. The number of nitrogens with zero attached hydrogens (tertiary/aromatic N) is 3. The van der Waals surface area contributed by atoms with Crippen molar-refractivity contribution in [2.24, 2.45) is 0 Å². The fraction of sp³-hybridized carbons (Fsp3) is 0.219. The number of aromatic nitrogens is 3. The van der Waals surface area contributed by atoms with E-state index >= 15 is 0 Å². The third-order valence-corrected chi connectivity index (χ3v) is 9.43. The zero-order valence-corrected chi connectivity index (χ0v) is 25.3. The molecule has 9 nitrogen and oxygen atoms in total. The van der Waals surface area contributed by atoms with Gasteiger partial charge in [-0.25, -0.2) is 22.8 Å². The SMILES string of the molecule is Cc1cc(-c2cc(F)c(=O)n(Cc3ccc4c(c3)OCO4)c2)nc(S(=O)(=O)CCC(OCc2cccs2)c2ccccc2)n1. The molecule has 12 heteroatoms. The van der Waals surface area contributed by atoms with E-state index in [2.05, 4.69) is 9.97 Å². The monoisotopic (exact) mass is 633 g/mol. The van der Waals surface area contributed by atoms with Crippen molar-refractivity contribution in [3.05, 3.63) is 122 Å². The molecule has 0 aliphatic carbocycles. The fourth-order valence-electron chi connectivity index (χ4n) is 4.87. The maximum absolute atomic E-state index is 14.9. The molecule has 0 radical (unpaired) electrons. The molecule has 0 N–H and O–H groups in total. The molecule has 1 aliphatic heterocycles. The van der Waals surface area contributed by atoms with E-state index in [1.807, 2.05) is 47.8 Å². The third kappa shape index (κ3) is 6.72. The van der Waals surface area contributed by atoms with E-state index < -0.39 is 27.3 Å². The maximum Gasteiger partial charge on any atom is 0.286 e. The fourth-order valence-corrected chi connectivity index (χ4v) is 6.72. The Morgan fingerprint density at radius 1 is 1.02 bits per heavy atom. The Bertz CT molecular complexity index is 1950. The van der Waals surface area contributed by atoms with Crippen LogP contribution in [0.1, 0.15) is 34.2 Å². The van der Waals surface area contributed by atoms with Crippen LogP contribution in [0.2, 0.25) is 0 Å². The Labute approximate surface area is 257 Å². The van der Waals surface area contributed by atoms with Gasteiger partial charge in [0, 0.05) is 22.3 Å². The second-order valence-corrected chi connectivity index (χ2v) is 13.3. The lowest BCUT2D eigenvalue weighted by Crippen LogP contribution is -2.23. The van der Waals surface area contributed by atoms with Crippen molar-refractivity contribution in [2.45, 2.75) is 37.8 Å². The van der Waals surface area contributed by atoms with Crippen molar-refractivity contribution in [1.29, 1.82) is 0 Å². The molecule has 226 valence electrons. The van der Waals surface area contributed by atoms with E-state index in [1.54, 1.807) is 42.5 Å². The molecule has 0 saturated heterocycles. The van der Waals surface area contributed by atoms with E-state index in [4.69, 9.17) is 14.2 Å². The highest BCUT2D eigenvalue weighted by Gasteiger charge is 2.24. The highest BCUT2D eigenvalue weighted by atomic mass is 32.2. The molecular weight excluding hydrogens is 605 g/mol. The van der Waals surface area contributed by atoms with Crippen LogP contribution in [0.3, 0.4) is 0 Å². The van der Waals surface area contributed by atoms with E-state index in [1.165, 1.54) is 10.8 Å². The zero-order chi connectivity index (χ0) is 30.7. The number of pyridine rings is 1. The average Bonchev–Trinajstić information content (AvgIpc) is 3.72. The molecular formula is C32H28FN3O6S2. The normalized spacial score (nSPS) is 13.2. The van der Waals surface area contributed by atoms with Gasteiger partial charge < -0.3 is 18.8 Å². The summed E-state index contributed by atoms with van der Waals surface area (Å²) in [5.74, 6) is -0.120. The van der Waals surface area contributed by atoms with Gasteiger partial charge in [0.25, 0.3) is 5.56 Å². The van der Waals surface area contributed by atoms with Crippen LogP contribution in [-0.2, 0) is 27.7 Å². The van der Waals surface area contributed by atoms with Crippen molar-refractivity contribution < 1.29 is 27.0 Å². The summed E-state index contributed by atoms with van der Waals surface area (Å²) in [5.41, 5.74) is 1.56. The molecule has 5 aromatic rings. The summed E-state index contributed by atoms with van der Waals surface area (Å²) in [6.45, 7) is 2.16. The Morgan fingerprint density at radius 3 is 2.64 bits per heavy atom. The number of halogens is 1. The van der Waals surface area contributed by atoms with Crippen LogP contribution >= 0.6 is 11.3 Å². The molecule has 6 rings (SSSR count). The van der Waals surface area contributed by atoms with Gasteiger partial charge in [0.05, 0.1) is 30.7 Å². The summed E-state index contributed by atoms with van der Waals surface area (Å²) in [6.07, 6.45) is 1.17. The first-order valence-corrected chi connectivity index (χ1v) is 16.3. The van der Waals surface area contributed by atoms with Crippen molar-refractivity contribution in [3.8, 4) is 22.8 Å². The van der Waals surface area contributed by atoms with Crippen LogP contribution in [-0.4, -0.2) is 35.5 Å². The number of rotatable bonds is 11. The molecule has 1 atom stereocenters. The molecule has 4 heterocycles. The smallest absolute Gasteiger partial charge is 0.286 e.